The first-order valence-corrected chi connectivity index (χ1v) is 11.3. The molecule has 0 spiro atoms. The number of carbonyl (C=O) groups excluding carboxylic acids is 2. The number of fused-ring (bicyclic) bond motifs is 1. The molecule has 1 aliphatic rings. The van der Waals surface area contributed by atoms with Crippen LogP contribution in [0.4, 0.5) is 0 Å². The highest BCUT2D eigenvalue weighted by Gasteiger charge is 2.37. The van der Waals surface area contributed by atoms with Crippen LogP contribution in [-0.2, 0) is 16.1 Å². The number of hydrogen-bond donors (Lipinski definition) is 1. The van der Waals surface area contributed by atoms with Crippen LogP contribution in [0.2, 0.25) is 0 Å². The molecule has 176 valence electrons. The lowest BCUT2D eigenvalue weighted by molar-refractivity contribution is -0.142. The summed E-state index contributed by atoms with van der Waals surface area (Å²) in [5, 5.41) is 3.05. The van der Waals surface area contributed by atoms with E-state index < -0.39 is 11.6 Å². The Labute approximate surface area is 200 Å². The molecule has 1 unspecified atom stereocenters. The summed E-state index contributed by atoms with van der Waals surface area (Å²) < 4.78 is 11.2. The number of benzene rings is 3. The van der Waals surface area contributed by atoms with Gasteiger partial charge in [-0.1, -0.05) is 54.6 Å². The van der Waals surface area contributed by atoms with Crippen LogP contribution in [0.5, 0.6) is 11.5 Å². The maximum atomic E-state index is 13.5. The number of nitrogens with zero attached hydrogens (tertiary/aromatic N) is 1. The third kappa shape index (κ3) is 5.06. The summed E-state index contributed by atoms with van der Waals surface area (Å²) in [6.45, 7) is 5.90. The summed E-state index contributed by atoms with van der Waals surface area (Å²) in [4.78, 5) is 28.5. The minimum absolute atomic E-state index is 0.127. The van der Waals surface area contributed by atoms with Crippen molar-refractivity contribution in [3.63, 3.8) is 0 Å². The minimum Gasteiger partial charge on any atom is -0.497 e. The summed E-state index contributed by atoms with van der Waals surface area (Å²) in [7, 11) is 1.64. The van der Waals surface area contributed by atoms with Crippen LogP contribution in [-0.4, -0.2) is 36.0 Å². The zero-order valence-corrected chi connectivity index (χ0v) is 20.0. The summed E-state index contributed by atoms with van der Waals surface area (Å²) in [6.07, 6.45) is 0. The van der Waals surface area contributed by atoms with Gasteiger partial charge in [0.15, 0.2) is 6.61 Å². The fraction of sp³-hybridized carbons (Fsp3) is 0.286. The molecule has 0 aromatic heterocycles. The van der Waals surface area contributed by atoms with E-state index >= 15 is 0 Å². The molecule has 0 bridgehead atoms. The molecule has 1 N–H and O–H groups in total. The van der Waals surface area contributed by atoms with E-state index in [0.29, 0.717) is 11.3 Å². The van der Waals surface area contributed by atoms with Crippen LogP contribution >= 0.6 is 0 Å². The Morgan fingerprint density at radius 1 is 1.06 bits per heavy atom. The highest BCUT2D eigenvalue weighted by atomic mass is 16.5. The maximum absolute atomic E-state index is 13.5. The van der Waals surface area contributed by atoms with Crippen LogP contribution < -0.4 is 14.8 Å². The molecular weight excluding hydrogens is 428 g/mol. The van der Waals surface area contributed by atoms with Crippen LogP contribution in [0.15, 0.2) is 72.8 Å². The highest BCUT2D eigenvalue weighted by Crippen LogP contribution is 2.36. The molecule has 1 aliphatic heterocycles. The van der Waals surface area contributed by atoms with Gasteiger partial charge < -0.3 is 19.7 Å². The van der Waals surface area contributed by atoms with Gasteiger partial charge in [-0.25, -0.2) is 0 Å². The standard InChI is InChI=1S/C28H30N2O4/c1-28(2,3)29-27(32)26-23-14-7-8-15-24(23)34-18-25(31)30(26)17-20-10-5-6-13-22(20)19-11-9-12-21(16-19)33-4/h5-16,26H,17-18H2,1-4H3,(H,29,32). The van der Waals surface area contributed by atoms with Crippen LogP contribution in [0.25, 0.3) is 11.1 Å². The van der Waals surface area contributed by atoms with Crippen molar-refractivity contribution in [2.24, 2.45) is 0 Å². The normalized spacial score (nSPS) is 15.7. The predicted molar refractivity (Wildman–Crippen MR) is 132 cm³/mol. The van der Waals surface area contributed by atoms with E-state index in [1.807, 2.05) is 87.5 Å². The molecule has 0 aliphatic carbocycles. The van der Waals surface area contributed by atoms with E-state index in [1.54, 1.807) is 18.1 Å². The number of rotatable bonds is 5. The Morgan fingerprint density at radius 2 is 1.79 bits per heavy atom. The molecule has 3 aromatic carbocycles. The number of carbonyl (C=O) groups is 2. The minimum atomic E-state index is -0.816. The zero-order valence-electron chi connectivity index (χ0n) is 20.0. The van der Waals surface area contributed by atoms with E-state index in [9.17, 15) is 9.59 Å². The van der Waals surface area contributed by atoms with Crippen molar-refractivity contribution in [1.29, 1.82) is 0 Å². The molecule has 4 rings (SSSR count). The number of para-hydroxylation sites is 1. The van der Waals surface area contributed by atoms with Gasteiger partial charge in [-0.05, 0) is 55.7 Å². The first-order chi connectivity index (χ1) is 16.3. The summed E-state index contributed by atoms with van der Waals surface area (Å²) >= 11 is 0. The van der Waals surface area contributed by atoms with Gasteiger partial charge in [0.25, 0.3) is 5.91 Å². The second-order valence-corrected chi connectivity index (χ2v) is 9.38. The van der Waals surface area contributed by atoms with E-state index in [0.717, 1.165) is 22.4 Å². The van der Waals surface area contributed by atoms with Gasteiger partial charge in [0.1, 0.15) is 17.5 Å². The van der Waals surface area contributed by atoms with Crippen molar-refractivity contribution in [3.05, 3.63) is 83.9 Å². The van der Waals surface area contributed by atoms with Gasteiger partial charge in [0.2, 0.25) is 5.91 Å². The Kier molecular flexibility index (Phi) is 6.59. The first-order valence-electron chi connectivity index (χ1n) is 11.3. The molecular formula is C28H30N2O4. The number of amides is 2. The van der Waals surface area contributed by atoms with E-state index in [1.165, 1.54) is 0 Å². The molecule has 2 amide bonds. The van der Waals surface area contributed by atoms with Gasteiger partial charge in [-0.2, -0.15) is 0 Å². The molecule has 6 nitrogen and oxygen atoms in total. The average molecular weight is 459 g/mol. The third-order valence-corrected chi connectivity index (χ3v) is 5.68. The molecule has 1 atom stereocenters. The second kappa shape index (κ2) is 9.59. The lowest BCUT2D eigenvalue weighted by Gasteiger charge is -2.32. The van der Waals surface area contributed by atoms with Crippen molar-refractivity contribution in [2.45, 2.75) is 38.9 Å². The fourth-order valence-corrected chi connectivity index (χ4v) is 4.19. The van der Waals surface area contributed by atoms with Crippen molar-refractivity contribution < 1.29 is 19.1 Å². The summed E-state index contributed by atoms with van der Waals surface area (Å²) in [5.41, 5.74) is 3.10. The van der Waals surface area contributed by atoms with Crippen LogP contribution in [0.3, 0.4) is 0 Å². The van der Waals surface area contributed by atoms with E-state index in [2.05, 4.69) is 5.32 Å². The van der Waals surface area contributed by atoms with Crippen molar-refractivity contribution in [3.8, 4) is 22.6 Å². The van der Waals surface area contributed by atoms with Crippen molar-refractivity contribution in [1.82, 2.24) is 10.2 Å². The number of hydrogen-bond acceptors (Lipinski definition) is 4. The van der Waals surface area contributed by atoms with Gasteiger partial charge in [-0.3, -0.25) is 9.59 Å². The topological polar surface area (TPSA) is 67.9 Å². The lowest BCUT2D eigenvalue weighted by atomic mass is 9.97. The molecule has 0 saturated heterocycles. The predicted octanol–water partition coefficient (Wildman–Crippen LogP) is 4.74. The first kappa shape index (κ1) is 23.4. The molecule has 1 heterocycles. The largest absolute Gasteiger partial charge is 0.497 e. The smallest absolute Gasteiger partial charge is 0.261 e. The maximum Gasteiger partial charge on any atom is 0.261 e. The zero-order chi connectivity index (χ0) is 24.3. The van der Waals surface area contributed by atoms with Crippen molar-refractivity contribution in [2.75, 3.05) is 13.7 Å². The molecule has 34 heavy (non-hydrogen) atoms. The number of nitrogens with one attached hydrogen (secondary N) is 1. The van der Waals surface area contributed by atoms with Crippen molar-refractivity contribution >= 4 is 11.8 Å². The summed E-state index contributed by atoms with van der Waals surface area (Å²) in [6, 6.07) is 22.2. The van der Waals surface area contributed by atoms with Crippen LogP contribution in [0, 0.1) is 0 Å². The monoisotopic (exact) mass is 458 g/mol. The Hall–Kier alpha value is -3.80. The van der Waals surface area contributed by atoms with E-state index in [4.69, 9.17) is 9.47 Å². The third-order valence-electron chi connectivity index (χ3n) is 5.68. The Balaban J connectivity index is 1.78. The summed E-state index contributed by atoms with van der Waals surface area (Å²) in [5.74, 6) is 0.819. The van der Waals surface area contributed by atoms with Gasteiger partial charge in [-0.15, -0.1) is 0 Å². The molecule has 6 heteroatoms. The SMILES string of the molecule is COc1cccc(-c2ccccc2CN2C(=O)COc3ccccc3C2C(=O)NC(C)(C)C)c1. The van der Waals surface area contributed by atoms with E-state index in [-0.39, 0.29) is 25.0 Å². The van der Waals surface area contributed by atoms with Gasteiger partial charge in [0, 0.05) is 17.6 Å². The highest BCUT2D eigenvalue weighted by molar-refractivity contribution is 5.91. The molecule has 0 radical (unpaired) electrons. The quantitative estimate of drug-likeness (QED) is 0.600. The molecule has 3 aromatic rings. The molecule has 0 fully saturated rings. The molecule has 0 saturated carbocycles. The second-order valence-electron chi connectivity index (χ2n) is 9.38. The fourth-order valence-electron chi connectivity index (χ4n) is 4.19. The van der Waals surface area contributed by atoms with Crippen LogP contribution in [0.1, 0.15) is 37.9 Å². The average Bonchev–Trinajstić information content (AvgIpc) is 2.95. The van der Waals surface area contributed by atoms with Gasteiger partial charge in [0.05, 0.1) is 7.11 Å². The van der Waals surface area contributed by atoms with Gasteiger partial charge >= 0.3 is 0 Å². The number of methoxy groups -OCH3 is 1. The number of ether oxygens (including phenoxy) is 2. The Bertz CT molecular complexity index is 1200. The Morgan fingerprint density at radius 3 is 2.56 bits per heavy atom. The lowest BCUT2D eigenvalue weighted by Crippen LogP contribution is -2.49.